The van der Waals surface area contributed by atoms with Gasteiger partial charge in [-0.3, -0.25) is 9.59 Å². The van der Waals surface area contributed by atoms with Crippen LogP contribution in [0.15, 0.2) is 18.2 Å². The number of nitrogens with zero attached hydrogens (tertiary/aromatic N) is 1. The van der Waals surface area contributed by atoms with Gasteiger partial charge in [-0.15, -0.1) is 0 Å². The zero-order valence-electron chi connectivity index (χ0n) is 16.6. The topological polar surface area (TPSA) is 65.1 Å². The van der Waals surface area contributed by atoms with Gasteiger partial charge in [0.05, 0.1) is 13.0 Å². The highest BCUT2D eigenvalue weighted by molar-refractivity contribution is 6.20. The second-order valence-corrected chi connectivity index (χ2v) is 6.38. The van der Waals surface area contributed by atoms with E-state index in [9.17, 15) is 22.8 Å². The number of hydrogen-bond acceptors (Lipinski definition) is 5. The molecule has 10 heteroatoms. The van der Waals surface area contributed by atoms with Gasteiger partial charge in [0.1, 0.15) is 0 Å². The summed E-state index contributed by atoms with van der Waals surface area (Å²) in [6.45, 7) is 6.09. The molecule has 0 aliphatic carbocycles. The fraction of sp³-hybridized carbons (Fsp3) is 0.579. The molecule has 0 aliphatic heterocycles. The van der Waals surface area contributed by atoms with E-state index in [4.69, 9.17) is 21.1 Å². The Hall–Kier alpha value is -2.16. The first-order valence-electron chi connectivity index (χ1n) is 9.18. The molecule has 1 rings (SSSR count). The van der Waals surface area contributed by atoms with Gasteiger partial charge >= 0.3 is 12.1 Å². The average Bonchev–Trinajstić information content (AvgIpc) is 2.66. The molecule has 0 spiro atoms. The quantitative estimate of drug-likeness (QED) is 0.364. The van der Waals surface area contributed by atoms with Gasteiger partial charge in [-0.1, -0.05) is 24.6 Å². The van der Waals surface area contributed by atoms with Gasteiger partial charge in [-0.05, 0) is 38.0 Å². The summed E-state index contributed by atoms with van der Waals surface area (Å²) >= 11 is 4.84. The maximum absolute atomic E-state index is 13.7. The van der Waals surface area contributed by atoms with Crippen LogP contribution in [-0.4, -0.2) is 54.8 Å². The number of benzene rings is 1. The molecule has 0 fully saturated rings. The molecule has 1 aromatic carbocycles. The smallest absolute Gasteiger partial charge is 0.444 e. The molecule has 1 amide bonds. The van der Waals surface area contributed by atoms with Crippen LogP contribution in [0.3, 0.4) is 0 Å². The molecular formula is C19H25ClF3NO5. The summed E-state index contributed by atoms with van der Waals surface area (Å²) in [5.74, 6) is -1.68. The van der Waals surface area contributed by atoms with E-state index in [0.29, 0.717) is 19.5 Å². The Morgan fingerprint density at radius 2 is 1.83 bits per heavy atom. The SMILES string of the molecule is CCCOC(=O)Cc1ccc(OCC(=O)N(CC)CC)c(OC(F)(F)C(F)Cl)c1. The van der Waals surface area contributed by atoms with E-state index >= 15 is 0 Å². The Kier molecular flexibility index (Phi) is 10.1. The zero-order chi connectivity index (χ0) is 22.0. The lowest BCUT2D eigenvalue weighted by Crippen LogP contribution is -2.35. The van der Waals surface area contributed by atoms with E-state index in [1.165, 1.54) is 17.0 Å². The van der Waals surface area contributed by atoms with Gasteiger partial charge in [0.2, 0.25) is 0 Å². The van der Waals surface area contributed by atoms with E-state index in [0.717, 1.165) is 6.07 Å². The van der Waals surface area contributed by atoms with Crippen LogP contribution in [0.1, 0.15) is 32.8 Å². The van der Waals surface area contributed by atoms with Gasteiger partial charge in [0.15, 0.2) is 18.1 Å². The molecule has 164 valence electrons. The monoisotopic (exact) mass is 439 g/mol. The molecule has 0 saturated carbocycles. The second kappa shape index (κ2) is 11.7. The molecule has 29 heavy (non-hydrogen) atoms. The van der Waals surface area contributed by atoms with Crippen molar-refractivity contribution in [2.24, 2.45) is 0 Å². The highest BCUT2D eigenvalue weighted by atomic mass is 35.5. The molecule has 0 radical (unpaired) electrons. The largest absolute Gasteiger partial charge is 0.480 e. The Bertz CT molecular complexity index is 684. The van der Waals surface area contributed by atoms with Gasteiger partial charge in [0, 0.05) is 13.1 Å². The number of carbonyl (C=O) groups excluding carboxylic acids is 2. The summed E-state index contributed by atoms with van der Waals surface area (Å²) in [6, 6.07) is 3.78. The minimum absolute atomic E-state index is 0.208. The van der Waals surface area contributed by atoms with E-state index in [1.807, 2.05) is 6.92 Å². The van der Waals surface area contributed by atoms with Crippen LogP contribution in [0.2, 0.25) is 0 Å². The van der Waals surface area contributed by atoms with Crippen LogP contribution in [0.25, 0.3) is 0 Å². The first kappa shape index (κ1) is 24.9. The lowest BCUT2D eigenvalue weighted by molar-refractivity contribution is -0.199. The first-order valence-corrected chi connectivity index (χ1v) is 9.62. The van der Waals surface area contributed by atoms with Gasteiger partial charge in [0.25, 0.3) is 11.5 Å². The molecule has 0 aliphatic rings. The van der Waals surface area contributed by atoms with Crippen molar-refractivity contribution in [2.75, 3.05) is 26.3 Å². The third-order valence-electron chi connectivity index (χ3n) is 3.79. The Balaban J connectivity index is 3.03. The first-order chi connectivity index (χ1) is 13.6. The number of rotatable bonds is 12. The normalized spacial score (nSPS) is 12.2. The molecule has 0 aromatic heterocycles. The van der Waals surface area contributed by atoms with Gasteiger partial charge in [-0.25, -0.2) is 4.39 Å². The van der Waals surface area contributed by atoms with Crippen LogP contribution >= 0.6 is 11.6 Å². The fourth-order valence-corrected chi connectivity index (χ4v) is 2.34. The van der Waals surface area contributed by atoms with Gasteiger partial charge < -0.3 is 19.1 Å². The summed E-state index contributed by atoms with van der Waals surface area (Å²) in [5, 5.41) is 0. The lowest BCUT2D eigenvalue weighted by atomic mass is 10.1. The zero-order valence-corrected chi connectivity index (χ0v) is 17.3. The minimum Gasteiger partial charge on any atom is -0.480 e. The summed E-state index contributed by atoms with van der Waals surface area (Å²) in [6.07, 6.45) is -3.92. The summed E-state index contributed by atoms with van der Waals surface area (Å²) in [5.41, 5.74) is -2.82. The average molecular weight is 440 g/mol. The molecule has 0 bridgehead atoms. The van der Waals surface area contributed by atoms with Crippen LogP contribution in [0, 0.1) is 0 Å². The molecule has 0 heterocycles. The van der Waals surface area contributed by atoms with Crippen molar-refractivity contribution >= 4 is 23.5 Å². The van der Waals surface area contributed by atoms with E-state index < -0.39 is 30.1 Å². The number of likely N-dealkylation sites (N-methyl/N-ethyl adjacent to an activating group) is 1. The maximum Gasteiger partial charge on any atom is 0.444 e. The van der Waals surface area contributed by atoms with Crippen molar-refractivity contribution in [2.45, 2.75) is 45.4 Å². The van der Waals surface area contributed by atoms with Gasteiger partial charge in [-0.2, -0.15) is 8.78 Å². The lowest BCUT2D eigenvalue weighted by Gasteiger charge is -2.22. The highest BCUT2D eigenvalue weighted by Gasteiger charge is 2.43. The number of carbonyl (C=O) groups is 2. The Labute approximate surface area is 172 Å². The van der Waals surface area contributed by atoms with Crippen LogP contribution < -0.4 is 9.47 Å². The van der Waals surface area contributed by atoms with Crippen molar-refractivity contribution in [1.29, 1.82) is 0 Å². The number of amides is 1. The van der Waals surface area contributed by atoms with E-state index in [2.05, 4.69) is 4.74 Å². The molecule has 1 aromatic rings. The highest BCUT2D eigenvalue weighted by Crippen LogP contribution is 2.35. The summed E-state index contributed by atoms with van der Waals surface area (Å²) in [7, 11) is 0. The second-order valence-electron chi connectivity index (χ2n) is 6.00. The third kappa shape index (κ3) is 8.00. The van der Waals surface area contributed by atoms with Crippen molar-refractivity contribution in [3.63, 3.8) is 0 Å². The fourth-order valence-electron chi connectivity index (χ4n) is 2.29. The summed E-state index contributed by atoms with van der Waals surface area (Å²) in [4.78, 5) is 25.3. The van der Waals surface area contributed by atoms with Crippen molar-refractivity contribution in [3.8, 4) is 11.5 Å². The van der Waals surface area contributed by atoms with Crippen molar-refractivity contribution in [3.05, 3.63) is 23.8 Å². The molecule has 1 atom stereocenters. The van der Waals surface area contributed by atoms with Crippen molar-refractivity contribution < 1.29 is 37.0 Å². The van der Waals surface area contributed by atoms with E-state index in [1.54, 1.807) is 13.8 Å². The van der Waals surface area contributed by atoms with E-state index in [-0.39, 0.29) is 30.2 Å². The third-order valence-corrected chi connectivity index (χ3v) is 4.05. The Morgan fingerprint density at radius 1 is 1.17 bits per heavy atom. The molecule has 6 nitrogen and oxygen atoms in total. The molecule has 0 saturated heterocycles. The van der Waals surface area contributed by atoms with Crippen LogP contribution in [0.4, 0.5) is 13.2 Å². The summed E-state index contributed by atoms with van der Waals surface area (Å²) < 4.78 is 54.9. The molecule has 1 unspecified atom stereocenters. The standard InChI is InChI=1S/C19H25ClF3NO5/c1-4-9-27-17(26)11-13-7-8-14(28-12-16(25)24(5-2)6-3)15(10-13)29-19(22,23)18(20)21/h7-8,10,18H,4-6,9,11-12H2,1-3H3. The van der Waals surface area contributed by atoms with Crippen LogP contribution in [-0.2, 0) is 20.7 Å². The Morgan fingerprint density at radius 3 is 2.38 bits per heavy atom. The number of hydrogen-bond donors (Lipinski definition) is 0. The predicted molar refractivity (Wildman–Crippen MR) is 101 cm³/mol. The number of esters is 1. The number of halogens is 4. The maximum atomic E-state index is 13.7. The predicted octanol–water partition coefficient (Wildman–Crippen LogP) is 3.94. The minimum atomic E-state index is -4.34. The molecular weight excluding hydrogens is 415 g/mol. The van der Waals surface area contributed by atoms with Crippen molar-refractivity contribution in [1.82, 2.24) is 4.90 Å². The number of alkyl halides is 4. The van der Waals surface area contributed by atoms with Crippen LogP contribution in [0.5, 0.6) is 11.5 Å². The molecule has 0 N–H and O–H groups in total. The number of ether oxygens (including phenoxy) is 3.